The van der Waals surface area contributed by atoms with Gasteiger partial charge in [0.25, 0.3) is 5.56 Å². The molecule has 0 fully saturated rings. The van der Waals surface area contributed by atoms with E-state index in [0.29, 0.717) is 37.1 Å². The van der Waals surface area contributed by atoms with Crippen molar-refractivity contribution >= 4 is 16.6 Å². The second-order valence-electron chi connectivity index (χ2n) is 10.9. The molecule has 1 unspecified atom stereocenters. The standard InChI is InChI=1S/C35H50N2O3/c1-6-10-11-12-13-17-23-37-32-24-29(36-25-28-19-15-14-16-20-28)21-22-31(32)33(40-30(8-3)9-4)34(35(37)38)39-26-27(5)18-7-2/h8,14-16,19-22,24,27,36H,6-7,9-13,17-18,23,25-26H2,1-5H3. The smallest absolute Gasteiger partial charge is 0.297 e. The molecular formula is C35H50N2O3. The lowest BCUT2D eigenvalue weighted by Gasteiger charge is -2.21. The number of anilines is 1. The predicted octanol–water partition coefficient (Wildman–Crippen LogP) is 9.48. The van der Waals surface area contributed by atoms with Gasteiger partial charge >= 0.3 is 0 Å². The van der Waals surface area contributed by atoms with Crippen molar-refractivity contribution in [3.05, 3.63) is 76.3 Å². The van der Waals surface area contributed by atoms with Crippen molar-refractivity contribution in [2.45, 2.75) is 105 Å². The molecule has 1 atom stereocenters. The van der Waals surface area contributed by atoms with Crippen LogP contribution in [0.4, 0.5) is 5.69 Å². The molecule has 0 aliphatic carbocycles. The van der Waals surface area contributed by atoms with Crippen LogP contribution in [-0.2, 0) is 13.1 Å². The number of hydrogen-bond donors (Lipinski definition) is 1. The molecule has 40 heavy (non-hydrogen) atoms. The first-order valence-electron chi connectivity index (χ1n) is 15.5. The number of rotatable bonds is 18. The van der Waals surface area contributed by atoms with Gasteiger partial charge in [-0.15, -0.1) is 0 Å². The Morgan fingerprint density at radius 1 is 0.950 bits per heavy atom. The first-order chi connectivity index (χ1) is 19.5. The Morgan fingerprint density at radius 3 is 2.40 bits per heavy atom. The number of fused-ring (bicyclic) bond motifs is 1. The van der Waals surface area contributed by atoms with Gasteiger partial charge in [-0.3, -0.25) is 4.79 Å². The van der Waals surface area contributed by atoms with Crippen molar-refractivity contribution in [1.82, 2.24) is 4.57 Å². The zero-order chi connectivity index (χ0) is 28.7. The summed E-state index contributed by atoms with van der Waals surface area (Å²) < 4.78 is 14.7. The number of nitrogens with zero attached hydrogens (tertiary/aromatic N) is 1. The molecule has 3 rings (SSSR count). The van der Waals surface area contributed by atoms with E-state index in [-0.39, 0.29) is 5.56 Å². The topological polar surface area (TPSA) is 52.5 Å². The Morgan fingerprint density at radius 2 is 1.70 bits per heavy atom. The summed E-state index contributed by atoms with van der Waals surface area (Å²) in [5.74, 6) is 2.05. The summed E-state index contributed by atoms with van der Waals surface area (Å²) in [5, 5.41) is 4.45. The maximum atomic E-state index is 14.1. The van der Waals surface area contributed by atoms with E-state index >= 15 is 0 Å². The maximum Gasteiger partial charge on any atom is 0.297 e. The monoisotopic (exact) mass is 546 g/mol. The van der Waals surface area contributed by atoms with Crippen molar-refractivity contribution in [2.24, 2.45) is 5.92 Å². The second-order valence-corrected chi connectivity index (χ2v) is 10.9. The van der Waals surface area contributed by atoms with Crippen molar-refractivity contribution in [2.75, 3.05) is 11.9 Å². The van der Waals surface area contributed by atoms with Gasteiger partial charge in [0, 0.05) is 30.6 Å². The molecule has 0 bridgehead atoms. The second kappa shape index (κ2) is 16.8. The number of benzene rings is 2. The van der Waals surface area contributed by atoms with E-state index in [1.807, 2.05) is 23.6 Å². The number of allylic oxidation sites excluding steroid dienone is 2. The Kier molecular flexibility index (Phi) is 13.1. The van der Waals surface area contributed by atoms with Crippen LogP contribution in [0.15, 0.2) is 65.2 Å². The van der Waals surface area contributed by atoms with Crippen molar-refractivity contribution in [3.63, 3.8) is 0 Å². The summed E-state index contributed by atoms with van der Waals surface area (Å²) >= 11 is 0. The zero-order valence-electron chi connectivity index (χ0n) is 25.4. The molecule has 1 N–H and O–H groups in total. The normalized spacial score (nSPS) is 12.5. The molecule has 0 spiro atoms. The number of aromatic nitrogens is 1. The molecule has 218 valence electrons. The molecule has 0 amide bonds. The highest BCUT2D eigenvalue weighted by atomic mass is 16.5. The summed E-state index contributed by atoms with van der Waals surface area (Å²) in [6, 6.07) is 16.6. The quantitative estimate of drug-likeness (QED) is 0.127. The van der Waals surface area contributed by atoms with E-state index in [1.165, 1.54) is 31.2 Å². The van der Waals surface area contributed by atoms with Gasteiger partial charge in [0.2, 0.25) is 5.75 Å². The number of pyridine rings is 1. The third-order valence-electron chi connectivity index (χ3n) is 7.45. The highest BCUT2D eigenvalue weighted by molar-refractivity contribution is 5.90. The molecule has 0 radical (unpaired) electrons. The van der Waals surface area contributed by atoms with Gasteiger partial charge < -0.3 is 19.4 Å². The van der Waals surface area contributed by atoms with Crippen LogP contribution in [0.25, 0.3) is 10.9 Å². The molecule has 2 aromatic carbocycles. The maximum absolute atomic E-state index is 14.1. The average Bonchev–Trinajstić information content (AvgIpc) is 2.97. The predicted molar refractivity (Wildman–Crippen MR) is 170 cm³/mol. The van der Waals surface area contributed by atoms with E-state index in [0.717, 1.165) is 54.5 Å². The number of unbranched alkanes of at least 4 members (excludes halogenated alkanes) is 5. The molecule has 3 aromatic rings. The van der Waals surface area contributed by atoms with Crippen LogP contribution in [0.5, 0.6) is 11.5 Å². The fourth-order valence-corrected chi connectivity index (χ4v) is 5.08. The lowest BCUT2D eigenvalue weighted by Crippen LogP contribution is -2.25. The number of ether oxygens (including phenoxy) is 2. The Hall–Kier alpha value is -3.21. The van der Waals surface area contributed by atoms with E-state index in [2.05, 4.69) is 75.5 Å². The van der Waals surface area contributed by atoms with E-state index in [9.17, 15) is 4.79 Å². The van der Waals surface area contributed by atoms with Crippen molar-refractivity contribution in [1.29, 1.82) is 0 Å². The molecule has 0 aliphatic rings. The third-order valence-corrected chi connectivity index (χ3v) is 7.45. The van der Waals surface area contributed by atoms with Crippen LogP contribution in [0, 0.1) is 5.92 Å². The lowest BCUT2D eigenvalue weighted by molar-refractivity contribution is 0.237. The molecule has 1 aromatic heterocycles. The number of hydrogen-bond acceptors (Lipinski definition) is 4. The molecule has 1 heterocycles. The molecule has 5 heteroatoms. The van der Waals surface area contributed by atoms with Crippen molar-refractivity contribution < 1.29 is 9.47 Å². The lowest BCUT2D eigenvalue weighted by atomic mass is 10.1. The van der Waals surface area contributed by atoms with Crippen LogP contribution in [-0.4, -0.2) is 11.2 Å². The summed E-state index contributed by atoms with van der Waals surface area (Å²) in [5.41, 5.74) is 2.96. The Balaban J connectivity index is 2.05. The number of nitrogens with one attached hydrogen (secondary N) is 1. The van der Waals surface area contributed by atoms with Gasteiger partial charge in [-0.05, 0) is 55.5 Å². The Labute approximate surface area is 241 Å². The van der Waals surface area contributed by atoms with Crippen molar-refractivity contribution in [3.8, 4) is 11.5 Å². The van der Waals surface area contributed by atoms with E-state index in [1.54, 1.807) is 0 Å². The van der Waals surface area contributed by atoms with Gasteiger partial charge in [0.05, 0.1) is 17.9 Å². The summed E-state index contributed by atoms with van der Waals surface area (Å²) in [6.07, 6.45) is 11.9. The summed E-state index contributed by atoms with van der Waals surface area (Å²) in [7, 11) is 0. The summed E-state index contributed by atoms with van der Waals surface area (Å²) in [6.45, 7) is 12.5. The minimum Gasteiger partial charge on any atom is -0.485 e. The first-order valence-corrected chi connectivity index (χ1v) is 15.5. The SMILES string of the molecule is CC=C(CC)Oc1c(OCC(C)CCC)c(=O)n(CCCCCCCC)c2cc(NCc3ccccc3)ccc12. The van der Waals surface area contributed by atoms with Crippen LogP contribution in [0.2, 0.25) is 0 Å². The molecule has 0 saturated heterocycles. The minimum atomic E-state index is -0.105. The average molecular weight is 547 g/mol. The van der Waals surface area contributed by atoms with Gasteiger partial charge in [-0.25, -0.2) is 0 Å². The fourth-order valence-electron chi connectivity index (χ4n) is 5.08. The van der Waals surface area contributed by atoms with E-state index < -0.39 is 0 Å². The third kappa shape index (κ3) is 8.90. The van der Waals surface area contributed by atoms with Gasteiger partial charge in [0.1, 0.15) is 0 Å². The largest absolute Gasteiger partial charge is 0.485 e. The van der Waals surface area contributed by atoms with E-state index in [4.69, 9.17) is 9.47 Å². The van der Waals surface area contributed by atoms with Crippen LogP contribution < -0.4 is 20.3 Å². The first kappa shape index (κ1) is 31.3. The highest BCUT2D eigenvalue weighted by Crippen LogP contribution is 2.36. The van der Waals surface area contributed by atoms with Crippen LogP contribution >= 0.6 is 0 Å². The molecule has 0 saturated carbocycles. The zero-order valence-corrected chi connectivity index (χ0v) is 25.4. The highest BCUT2D eigenvalue weighted by Gasteiger charge is 2.22. The fraction of sp³-hybridized carbons (Fsp3) is 0.514. The number of aryl methyl sites for hydroxylation is 1. The van der Waals surface area contributed by atoms with Crippen LogP contribution in [0.3, 0.4) is 0 Å². The molecule has 0 aliphatic heterocycles. The molecular weight excluding hydrogens is 496 g/mol. The minimum absolute atomic E-state index is 0.105. The van der Waals surface area contributed by atoms with Gasteiger partial charge in [-0.2, -0.15) is 0 Å². The van der Waals surface area contributed by atoms with Crippen LogP contribution in [0.1, 0.15) is 98.0 Å². The molecule has 5 nitrogen and oxygen atoms in total. The summed E-state index contributed by atoms with van der Waals surface area (Å²) in [4.78, 5) is 14.1. The van der Waals surface area contributed by atoms with Gasteiger partial charge in [0.15, 0.2) is 5.75 Å². The van der Waals surface area contributed by atoms with Gasteiger partial charge in [-0.1, -0.05) is 96.6 Å². The Bertz CT molecular complexity index is 1260.